The highest BCUT2D eigenvalue weighted by atomic mass is 35.5. The molecule has 0 aliphatic heterocycles. The van der Waals surface area contributed by atoms with Crippen molar-refractivity contribution >= 4 is 35.1 Å². The molecule has 0 saturated heterocycles. The van der Waals surface area contributed by atoms with Gasteiger partial charge in [-0.15, -0.1) is 0 Å². The lowest BCUT2D eigenvalue weighted by Gasteiger charge is -2.09. The zero-order valence-electron chi connectivity index (χ0n) is 10.5. The summed E-state index contributed by atoms with van der Waals surface area (Å²) in [4.78, 5) is 22.0. The minimum atomic E-state index is -1.04. The van der Waals surface area contributed by atoms with Crippen molar-refractivity contribution in [3.05, 3.63) is 33.8 Å². The zero-order valence-corrected chi connectivity index (χ0v) is 12.0. The van der Waals surface area contributed by atoms with Gasteiger partial charge >= 0.3 is 5.97 Å². The highest BCUT2D eigenvalue weighted by molar-refractivity contribution is 6.42. The fourth-order valence-electron chi connectivity index (χ4n) is 1.52. The van der Waals surface area contributed by atoms with Gasteiger partial charge in [0.2, 0.25) is 5.91 Å². The maximum Gasteiger partial charge on any atom is 0.325 e. The highest BCUT2D eigenvalue weighted by Gasteiger charge is 2.13. The maximum absolute atomic E-state index is 11.4. The number of rotatable bonds is 6. The maximum atomic E-state index is 11.4. The Hall–Kier alpha value is -1.26. The van der Waals surface area contributed by atoms with E-state index in [0.29, 0.717) is 22.9 Å². The molecule has 0 fully saturated rings. The molecule has 0 radical (unpaired) electrons. The molecule has 1 aromatic carbocycles. The van der Waals surface area contributed by atoms with Crippen LogP contribution in [0.3, 0.4) is 0 Å². The summed E-state index contributed by atoms with van der Waals surface area (Å²) in [6.45, 7) is 1.43. The molecule has 2 N–H and O–H groups in total. The first kappa shape index (κ1) is 15.8. The van der Waals surface area contributed by atoms with Crippen molar-refractivity contribution in [1.82, 2.24) is 5.32 Å². The number of benzene rings is 1. The van der Waals surface area contributed by atoms with Crippen LogP contribution in [-0.4, -0.2) is 23.0 Å². The van der Waals surface area contributed by atoms with E-state index in [4.69, 9.17) is 28.3 Å². The molecule has 0 saturated carbocycles. The number of carbonyl (C=O) groups excluding carboxylic acids is 1. The third-order valence-corrected chi connectivity index (χ3v) is 3.34. The van der Waals surface area contributed by atoms with E-state index < -0.39 is 12.0 Å². The van der Waals surface area contributed by atoms with E-state index in [1.165, 1.54) is 6.92 Å². The van der Waals surface area contributed by atoms with E-state index in [9.17, 15) is 9.59 Å². The fraction of sp³-hybridized carbons (Fsp3) is 0.385. The van der Waals surface area contributed by atoms with Gasteiger partial charge in [0.05, 0.1) is 10.0 Å². The van der Waals surface area contributed by atoms with Gasteiger partial charge in [0.1, 0.15) is 6.04 Å². The first-order valence-corrected chi connectivity index (χ1v) is 6.62. The molecule has 0 spiro atoms. The number of nitrogens with one attached hydrogen (secondary N) is 1. The minimum absolute atomic E-state index is 0.269. The summed E-state index contributed by atoms with van der Waals surface area (Å²) in [6, 6.07) is 4.47. The Morgan fingerprint density at radius 2 is 2.00 bits per heavy atom. The number of carboxylic acids is 1. The minimum Gasteiger partial charge on any atom is -0.480 e. The Balaban J connectivity index is 2.35. The number of amides is 1. The van der Waals surface area contributed by atoms with Crippen molar-refractivity contribution in [2.75, 3.05) is 0 Å². The van der Waals surface area contributed by atoms with Crippen LogP contribution in [-0.2, 0) is 16.0 Å². The Morgan fingerprint density at radius 1 is 1.32 bits per heavy atom. The molecule has 1 aromatic rings. The second kappa shape index (κ2) is 7.36. The molecule has 0 aliphatic carbocycles. The van der Waals surface area contributed by atoms with Crippen molar-refractivity contribution in [3.63, 3.8) is 0 Å². The molecular formula is C13H15Cl2NO3. The molecule has 0 unspecified atom stereocenters. The largest absolute Gasteiger partial charge is 0.480 e. The number of aryl methyl sites for hydroxylation is 1. The number of halogens is 2. The first-order chi connectivity index (χ1) is 8.90. The van der Waals surface area contributed by atoms with Crippen molar-refractivity contribution < 1.29 is 14.7 Å². The highest BCUT2D eigenvalue weighted by Crippen LogP contribution is 2.23. The average molecular weight is 304 g/mol. The lowest BCUT2D eigenvalue weighted by Crippen LogP contribution is -2.38. The van der Waals surface area contributed by atoms with E-state index in [0.717, 1.165) is 5.56 Å². The number of hydrogen-bond acceptors (Lipinski definition) is 2. The molecule has 19 heavy (non-hydrogen) atoms. The molecule has 6 heteroatoms. The monoisotopic (exact) mass is 303 g/mol. The molecule has 104 valence electrons. The number of aliphatic carboxylic acids is 1. The van der Waals surface area contributed by atoms with Gasteiger partial charge in [0.15, 0.2) is 0 Å². The Bertz CT molecular complexity index is 477. The van der Waals surface area contributed by atoms with Crippen LogP contribution >= 0.6 is 23.2 Å². The smallest absolute Gasteiger partial charge is 0.325 e. The number of hydrogen-bond donors (Lipinski definition) is 2. The Kier molecular flexibility index (Phi) is 6.12. The summed E-state index contributed by atoms with van der Waals surface area (Å²) in [5.41, 5.74) is 0.994. The Morgan fingerprint density at radius 3 is 2.58 bits per heavy atom. The predicted molar refractivity (Wildman–Crippen MR) is 74.6 cm³/mol. The SMILES string of the molecule is C[C@@H](NC(=O)CCCc1ccc(Cl)c(Cl)c1)C(=O)O. The molecule has 0 heterocycles. The molecule has 1 amide bonds. The van der Waals surface area contributed by atoms with Gasteiger partial charge in [-0.3, -0.25) is 9.59 Å². The zero-order chi connectivity index (χ0) is 14.4. The van der Waals surface area contributed by atoms with Crippen molar-refractivity contribution in [2.24, 2.45) is 0 Å². The van der Waals surface area contributed by atoms with Gasteiger partial charge in [-0.05, 0) is 37.5 Å². The van der Waals surface area contributed by atoms with Crippen molar-refractivity contribution in [1.29, 1.82) is 0 Å². The summed E-state index contributed by atoms with van der Waals surface area (Å²) in [7, 11) is 0. The summed E-state index contributed by atoms with van der Waals surface area (Å²) < 4.78 is 0. The Labute approximate surface area is 121 Å². The van der Waals surface area contributed by atoms with Gasteiger partial charge in [-0.1, -0.05) is 29.3 Å². The topological polar surface area (TPSA) is 66.4 Å². The lowest BCUT2D eigenvalue weighted by molar-refractivity contribution is -0.141. The molecule has 0 aliphatic rings. The van der Waals surface area contributed by atoms with Crippen LogP contribution in [0.1, 0.15) is 25.3 Å². The second-order valence-corrected chi connectivity index (χ2v) is 5.04. The van der Waals surface area contributed by atoms with Gasteiger partial charge in [-0.25, -0.2) is 0 Å². The molecule has 1 rings (SSSR count). The van der Waals surface area contributed by atoms with Crippen molar-refractivity contribution in [2.45, 2.75) is 32.2 Å². The average Bonchev–Trinajstić information content (AvgIpc) is 2.33. The van der Waals surface area contributed by atoms with Crippen LogP contribution in [0.25, 0.3) is 0 Å². The molecular weight excluding hydrogens is 289 g/mol. The standard InChI is InChI=1S/C13H15Cl2NO3/c1-8(13(18)19)16-12(17)4-2-3-9-5-6-10(14)11(15)7-9/h5-8H,2-4H2,1H3,(H,16,17)(H,18,19)/t8-/m1/s1. The summed E-state index contributed by atoms with van der Waals surface area (Å²) >= 11 is 11.7. The third kappa shape index (κ3) is 5.49. The van der Waals surface area contributed by atoms with Crippen LogP contribution in [0, 0.1) is 0 Å². The second-order valence-electron chi connectivity index (χ2n) is 4.23. The van der Waals surface area contributed by atoms with E-state index in [-0.39, 0.29) is 12.3 Å². The van der Waals surface area contributed by atoms with Crippen LogP contribution in [0.4, 0.5) is 0 Å². The van der Waals surface area contributed by atoms with Crippen LogP contribution < -0.4 is 5.32 Å². The number of carbonyl (C=O) groups is 2. The van der Waals surface area contributed by atoms with Gasteiger partial charge in [0, 0.05) is 6.42 Å². The van der Waals surface area contributed by atoms with E-state index in [1.807, 2.05) is 6.07 Å². The fourth-order valence-corrected chi connectivity index (χ4v) is 1.84. The quantitative estimate of drug-likeness (QED) is 0.849. The molecule has 1 atom stereocenters. The third-order valence-electron chi connectivity index (χ3n) is 2.60. The number of carboxylic acid groups (broad SMARTS) is 1. The normalized spacial score (nSPS) is 11.9. The summed E-state index contributed by atoms with van der Waals surface area (Å²) in [5, 5.41) is 12.0. The predicted octanol–water partition coefficient (Wildman–Crippen LogP) is 2.91. The van der Waals surface area contributed by atoms with E-state index >= 15 is 0 Å². The van der Waals surface area contributed by atoms with Gasteiger partial charge in [0.25, 0.3) is 0 Å². The van der Waals surface area contributed by atoms with E-state index in [1.54, 1.807) is 12.1 Å². The molecule has 4 nitrogen and oxygen atoms in total. The summed E-state index contributed by atoms with van der Waals surface area (Å²) in [5.74, 6) is -1.31. The van der Waals surface area contributed by atoms with Crippen LogP contribution in [0.2, 0.25) is 10.0 Å². The van der Waals surface area contributed by atoms with Crippen LogP contribution in [0.15, 0.2) is 18.2 Å². The van der Waals surface area contributed by atoms with Gasteiger partial charge < -0.3 is 10.4 Å². The van der Waals surface area contributed by atoms with E-state index in [2.05, 4.69) is 5.32 Å². The van der Waals surface area contributed by atoms with Crippen LogP contribution in [0.5, 0.6) is 0 Å². The first-order valence-electron chi connectivity index (χ1n) is 5.86. The summed E-state index contributed by atoms with van der Waals surface area (Å²) in [6.07, 6.45) is 1.58. The van der Waals surface area contributed by atoms with Gasteiger partial charge in [-0.2, -0.15) is 0 Å². The molecule has 0 bridgehead atoms. The van der Waals surface area contributed by atoms with Crippen molar-refractivity contribution in [3.8, 4) is 0 Å². The molecule has 0 aromatic heterocycles. The lowest BCUT2D eigenvalue weighted by atomic mass is 10.1.